The number of hydrogen-bond donors (Lipinski definition) is 0. The van der Waals surface area contributed by atoms with E-state index in [1.807, 2.05) is 6.07 Å². The second-order valence-electron chi connectivity index (χ2n) is 1.93. The molecule has 0 aliphatic heterocycles. The van der Waals surface area contributed by atoms with Crippen LogP contribution in [0.5, 0.6) is 0 Å². The zero-order chi connectivity index (χ0) is 8.01. The van der Waals surface area contributed by atoms with Gasteiger partial charge in [-0.15, -0.1) is 22.7 Å². The molecule has 0 atom stereocenters. The SMILES string of the molecule is Fc1sc2cc(Br)sc2c1Br. The Hall–Kier alpha value is 0.550. The molecule has 0 aliphatic rings. The highest BCUT2D eigenvalue weighted by Gasteiger charge is 2.11. The summed E-state index contributed by atoms with van der Waals surface area (Å²) in [5.41, 5.74) is 0. The largest absolute Gasteiger partial charge is 0.194 e. The molecule has 2 aromatic rings. The molecule has 2 heterocycles. The molecule has 0 fully saturated rings. The predicted octanol–water partition coefficient (Wildman–Crippen LogP) is 4.63. The van der Waals surface area contributed by atoms with Gasteiger partial charge in [0.25, 0.3) is 0 Å². The maximum Gasteiger partial charge on any atom is 0.192 e. The van der Waals surface area contributed by atoms with Crippen LogP contribution in [0.4, 0.5) is 4.39 Å². The van der Waals surface area contributed by atoms with Crippen LogP contribution in [0.25, 0.3) is 9.40 Å². The lowest BCUT2D eigenvalue weighted by atomic mass is 10.5. The Kier molecular flexibility index (Phi) is 2.07. The smallest absolute Gasteiger partial charge is 0.192 e. The summed E-state index contributed by atoms with van der Waals surface area (Å²) in [4.78, 5) is 0. The van der Waals surface area contributed by atoms with Gasteiger partial charge >= 0.3 is 0 Å². The van der Waals surface area contributed by atoms with Crippen LogP contribution < -0.4 is 0 Å². The Bertz CT molecular complexity index is 404. The lowest BCUT2D eigenvalue weighted by molar-refractivity contribution is 0.652. The molecule has 0 saturated heterocycles. The molecule has 5 heteroatoms. The van der Waals surface area contributed by atoms with E-state index in [-0.39, 0.29) is 5.13 Å². The minimum absolute atomic E-state index is 0.140. The summed E-state index contributed by atoms with van der Waals surface area (Å²) in [6.07, 6.45) is 0. The number of halogens is 3. The number of rotatable bonds is 0. The van der Waals surface area contributed by atoms with Crippen molar-refractivity contribution in [2.75, 3.05) is 0 Å². The van der Waals surface area contributed by atoms with Crippen LogP contribution in [-0.4, -0.2) is 0 Å². The maximum absolute atomic E-state index is 12.9. The average molecular weight is 316 g/mol. The predicted molar refractivity (Wildman–Crippen MR) is 55.1 cm³/mol. The van der Waals surface area contributed by atoms with E-state index >= 15 is 0 Å². The Morgan fingerprint density at radius 2 is 2.00 bits per heavy atom. The highest BCUT2D eigenvalue weighted by Crippen LogP contribution is 2.41. The Balaban J connectivity index is 2.88. The van der Waals surface area contributed by atoms with Gasteiger partial charge in [-0.25, -0.2) is 0 Å². The van der Waals surface area contributed by atoms with Crippen molar-refractivity contribution in [1.82, 2.24) is 0 Å². The van der Waals surface area contributed by atoms with Crippen LogP contribution in [0.2, 0.25) is 0 Å². The molecule has 58 valence electrons. The van der Waals surface area contributed by atoms with Crippen molar-refractivity contribution in [2.24, 2.45) is 0 Å². The molecule has 0 saturated carbocycles. The van der Waals surface area contributed by atoms with E-state index < -0.39 is 0 Å². The molecule has 0 aromatic carbocycles. The summed E-state index contributed by atoms with van der Waals surface area (Å²) in [7, 11) is 0. The summed E-state index contributed by atoms with van der Waals surface area (Å²) in [6.45, 7) is 0. The maximum atomic E-state index is 12.9. The quantitative estimate of drug-likeness (QED) is 0.665. The first-order chi connectivity index (χ1) is 5.18. The molecule has 11 heavy (non-hydrogen) atoms. The van der Waals surface area contributed by atoms with Crippen molar-refractivity contribution in [2.45, 2.75) is 0 Å². The molecule has 0 nitrogen and oxygen atoms in total. The minimum Gasteiger partial charge on any atom is -0.194 e. The van der Waals surface area contributed by atoms with Gasteiger partial charge in [-0.3, -0.25) is 0 Å². The Labute approximate surface area is 87.3 Å². The monoisotopic (exact) mass is 314 g/mol. The highest BCUT2D eigenvalue weighted by molar-refractivity contribution is 9.11. The van der Waals surface area contributed by atoms with Gasteiger partial charge in [-0.2, -0.15) is 4.39 Å². The van der Waals surface area contributed by atoms with Gasteiger partial charge in [0, 0.05) is 0 Å². The van der Waals surface area contributed by atoms with E-state index in [1.165, 1.54) is 22.7 Å². The Morgan fingerprint density at radius 1 is 1.27 bits per heavy atom. The van der Waals surface area contributed by atoms with Crippen molar-refractivity contribution in [1.29, 1.82) is 0 Å². The van der Waals surface area contributed by atoms with Crippen molar-refractivity contribution < 1.29 is 4.39 Å². The van der Waals surface area contributed by atoms with E-state index in [2.05, 4.69) is 31.9 Å². The van der Waals surface area contributed by atoms with Gasteiger partial charge in [-0.1, -0.05) is 0 Å². The Morgan fingerprint density at radius 3 is 2.64 bits per heavy atom. The zero-order valence-corrected chi connectivity index (χ0v) is 9.83. The molecular formula is C6HBr2FS2. The van der Waals surface area contributed by atoms with Gasteiger partial charge in [0.1, 0.15) is 0 Å². The summed E-state index contributed by atoms with van der Waals surface area (Å²) in [5.74, 6) is 0. The molecule has 0 spiro atoms. The van der Waals surface area contributed by atoms with Crippen molar-refractivity contribution >= 4 is 63.9 Å². The van der Waals surface area contributed by atoms with Gasteiger partial charge in [0.15, 0.2) is 5.13 Å². The molecule has 0 aliphatic carbocycles. The first-order valence-electron chi connectivity index (χ1n) is 2.71. The number of fused-ring (bicyclic) bond motifs is 1. The standard InChI is InChI=1S/C6HBr2FS2/c7-3-1-2-5(11-3)4(8)6(9)10-2/h1H. The summed E-state index contributed by atoms with van der Waals surface area (Å²) < 4.78 is 16.5. The fraction of sp³-hybridized carbons (Fsp3) is 0. The second-order valence-corrected chi connectivity index (χ2v) is 6.16. The average Bonchev–Trinajstić information content (AvgIpc) is 2.37. The van der Waals surface area contributed by atoms with Crippen LogP contribution in [0, 0.1) is 5.13 Å². The van der Waals surface area contributed by atoms with Crippen LogP contribution in [0.1, 0.15) is 0 Å². The van der Waals surface area contributed by atoms with E-state index in [4.69, 9.17) is 0 Å². The van der Waals surface area contributed by atoms with E-state index in [0.29, 0.717) is 4.47 Å². The second kappa shape index (κ2) is 2.80. The first-order valence-corrected chi connectivity index (χ1v) is 5.93. The third-order valence-corrected chi connectivity index (χ3v) is 5.22. The fourth-order valence-corrected chi connectivity index (χ4v) is 4.36. The topological polar surface area (TPSA) is 0 Å². The van der Waals surface area contributed by atoms with Crippen molar-refractivity contribution in [3.8, 4) is 0 Å². The van der Waals surface area contributed by atoms with Gasteiger partial charge < -0.3 is 0 Å². The molecular weight excluding hydrogens is 315 g/mol. The molecule has 0 radical (unpaired) electrons. The third kappa shape index (κ3) is 1.28. The third-order valence-electron chi connectivity index (χ3n) is 1.24. The molecule has 0 unspecified atom stereocenters. The van der Waals surface area contributed by atoms with E-state index in [9.17, 15) is 4.39 Å². The lowest BCUT2D eigenvalue weighted by Crippen LogP contribution is -1.57. The fourth-order valence-electron chi connectivity index (χ4n) is 0.805. The molecule has 0 N–H and O–H groups in total. The summed E-state index contributed by atoms with van der Waals surface area (Å²) >= 11 is 9.24. The van der Waals surface area contributed by atoms with Crippen molar-refractivity contribution in [3.05, 3.63) is 19.5 Å². The normalized spacial score (nSPS) is 11.2. The summed E-state index contributed by atoms with van der Waals surface area (Å²) in [5, 5.41) is -0.140. The molecule has 0 bridgehead atoms. The van der Waals surface area contributed by atoms with Gasteiger partial charge in [0.05, 0.1) is 17.7 Å². The van der Waals surface area contributed by atoms with Crippen LogP contribution in [0.15, 0.2) is 14.3 Å². The van der Waals surface area contributed by atoms with Crippen LogP contribution in [0.3, 0.4) is 0 Å². The minimum atomic E-state index is -0.140. The zero-order valence-electron chi connectivity index (χ0n) is 5.03. The summed E-state index contributed by atoms with van der Waals surface area (Å²) in [6, 6.07) is 1.93. The van der Waals surface area contributed by atoms with Crippen molar-refractivity contribution in [3.63, 3.8) is 0 Å². The number of thiophene rings is 2. The highest BCUT2D eigenvalue weighted by atomic mass is 79.9. The van der Waals surface area contributed by atoms with E-state index in [0.717, 1.165) is 13.2 Å². The molecule has 2 rings (SSSR count). The van der Waals surface area contributed by atoms with Gasteiger partial charge in [0.2, 0.25) is 0 Å². The first kappa shape index (κ1) is 8.16. The lowest BCUT2D eigenvalue weighted by Gasteiger charge is -1.78. The number of hydrogen-bond acceptors (Lipinski definition) is 2. The van der Waals surface area contributed by atoms with Crippen LogP contribution >= 0.6 is 54.5 Å². The molecule has 2 aromatic heterocycles. The van der Waals surface area contributed by atoms with E-state index in [1.54, 1.807) is 0 Å². The van der Waals surface area contributed by atoms with Gasteiger partial charge in [-0.05, 0) is 37.9 Å². The van der Waals surface area contributed by atoms with Crippen LogP contribution in [-0.2, 0) is 0 Å². The molecule has 0 amide bonds.